The number of ether oxygens (including phenoxy) is 1. The molecule has 1 unspecified atom stereocenters. The molecule has 0 bridgehead atoms. The summed E-state index contributed by atoms with van der Waals surface area (Å²) in [7, 11) is 4.26. The van der Waals surface area contributed by atoms with Crippen LogP contribution in [0.1, 0.15) is 97.3 Å². The van der Waals surface area contributed by atoms with Crippen molar-refractivity contribution in [2.75, 3.05) is 27.2 Å². The fraction of sp³-hybridized carbons (Fsp3) is 0.909. The van der Waals surface area contributed by atoms with Crippen LogP contribution in [0.2, 0.25) is 0 Å². The molecule has 0 rings (SSSR count). The summed E-state index contributed by atoms with van der Waals surface area (Å²) in [5, 5.41) is 0. The molecule has 0 amide bonds. The summed E-state index contributed by atoms with van der Waals surface area (Å²) in [5.41, 5.74) is 0. The molecule has 0 radical (unpaired) electrons. The van der Waals surface area contributed by atoms with Gasteiger partial charge in [-0.3, -0.25) is 0 Å². The van der Waals surface area contributed by atoms with Crippen molar-refractivity contribution < 1.29 is 4.74 Å². The van der Waals surface area contributed by atoms with Crippen LogP contribution in [0.4, 0.5) is 0 Å². The maximum absolute atomic E-state index is 5.81. The lowest BCUT2D eigenvalue weighted by atomic mass is 10.1. The van der Waals surface area contributed by atoms with Gasteiger partial charge < -0.3 is 9.64 Å². The van der Waals surface area contributed by atoms with Crippen LogP contribution in [0, 0.1) is 0 Å². The van der Waals surface area contributed by atoms with Gasteiger partial charge in [0.25, 0.3) is 0 Å². The van der Waals surface area contributed by atoms with Gasteiger partial charge in [0, 0.05) is 13.2 Å². The van der Waals surface area contributed by atoms with E-state index in [0.717, 1.165) is 13.2 Å². The molecule has 2 nitrogen and oxygen atoms in total. The second kappa shape index (κ2) is 19.0. The summed E-state index contributed by atoms with van der Waals surface area (Å²) in [6.07, 6.45) is 22.8. The number of likely N-dealkylation sites (N-methyl/N-ethyl adjacent to an activating group) is 1. The zero-order chi connectivity index (χ0) is 17.9. The third-order valence-electron chi connectivity index (χ3n) is 4.51. The number of nitrogens with zero attached hydrogens (tertiary/aromatic N) is 1. The SMILES string of the molecule is CCCCCCCC/C=C\CCCCCCC(CN(C)C)OCC. The van der Waals surface area contributed by atoms with E-state index < -0.39 is 0 Å². The number of hydrogen-bond acceptors (Lipinski definition) is 2. The summed E-state index contributed by atoms with van der Waals surface area (Å²) in [5.74, 6) is 0. The van der Waals surface area contributed by atoms with E-state index in [4.69, 9.17) is 4.74 Å². The molecule has 0 saturated carbocycles. The molecular weight excluding hydrogens is 294 g/mol. The van der Waals surface area contributed by atoms with Gasteiger partial charge in [-0.25, -0.2) is 0 Å². The van der Waals surface area contributed by atoms with Crippen LogP contribution in [-0.4, -0.2) is 38.3 Å². The second-order valence-corrected chi connectivity index (χ2v) is 7.36. The van der Waals surface area contributed by atoms with E-state index in [9.17, 15) is 0 Å². The Bertz CT molecular complexity index is 263. The van der Waals surface area contributed by atoms with E-state index in [0.29, 0.717) is 6.10 Å². The predicted octanol–water partition coefficient (Wildman–Crippen LogP) is 6.60. The molecule has 0 aromatic carbocycles. The highest BCUT2D eigenvalue weighted by Gasteiger charge is 2.08. The van der Waals surface area contributed by atoms with Gasteiger partial charge in [-0.05, 0) is 53.1 Å². The standard InChI is InChI=1S/C22H45NO/c1-5-7-8-9-10-11-12-13-14-15-16-17-18-19-20-22(24-6-2)21-23(3)4/h13-14,22H,5-12,15-21H2,1-4H3/b14-13-. The molecule has 0 saturated heterocycles. The zero-order valence-electron chi connectivity index (χ0n) is 17.2. The minimum atomic E-state index is 0.419. The monoisotopic (exact) mass is 339 g/mol. The average Bonchev–Trinajstić information content (AvgIpc) is 2.54. The fourth-order valence-electron chi connectivity index (χ4n) is 3.14. The van der Waals surface area contributed by atoms with Crippen LogP contribution < -0.4 is 0 Å². The molecule has 0 aliphatic rings. The first-order valence-electron chi connectivity index (χ1n) is 10.6. The molecule has 0 aromatic rings. The molecule has 0 aromatic heterocycles. The van der Waals surface area contributed by atoms with Crippen molar-refractivity contribution in [1.82, 2.24) is 4.90 Å². The van der Waals surface area contributed by atoms with Gasteiger partial charge in [-0.2, -0.15) is 0 Å². The van der Waals surface area contributed by atoms with Gasteiger partial charge >= 0.3 is 0 Å². The molecule has 0 heterocycles. The van der Waals surface area contributed by atoms with Crippen molar-refractivity contribution in [3.8, 4) is 0 Å². The smallest absolute Gasteiger partial charge is 0.0701 e. The van der Waals surface area contributed by atoms with Gasteiger partial charge in [-0.1, -0.05) is 70.4 Å². The third-order valence-corrected chi connectivity index (χ3v) is 4.51. The Morgan fingerprint density at radius 2 is 1.29 bits per heavy atom. The summed E-state index contributed by atoms with van der Waals surface area (Å²) >= 11 is 0. The Morgan fingerprint density at radius 3 is 1.83 bits per heavy atom. The highest BCUT2D eigenvalue weighted by atomic mass is 16.5. The third kappa shape index (κ3) is 18.0. The zero-order valence-corrected chi connectivity index (χ0v) is 17.2. The van der Waals surface area contributed by atoms with E-state index in [1.54, 1.807) is 0 Å². The molecule has 0 aliphatic heterocycles. The van der Waals surface area contributed by atoms with Gasteiger partial charge in [0.15, 0.2) is 0 Å². The average molecular weight is 340 g/mol. The molecule has 1 atom stereocenters. The first kappa shape index (κ1) is 23.7. The van der Waals surface area contributed by atoms with Crippen LogP contribution >= 0.6 is 0 Å². The first-order valence-corrected chi connectivity index (χ1v) is 10.6. The highest BCUT2D eigenvalue weighted by Crippen LogP contribution is 2.11. The number of allylic oxidation sites excluding steroid dienone is 2. The van der Waals surface area contributed by atoms with E-state index in [2.05, 4.69) is 45.0 Å². The maximum Gasteiger partial charge on any atom is 0.0701 e. The van der Waals surface area contributed by atoms with Crippen LogP contribution in [0.3, 0.4) is 0 Å². The highest BCUT2D eigenvalue weighted by molar-refractivity contribution is 4.81. The molecule has 144 valence electrons. The molecule has 0 N–H and O–H groups in total. The molecule has 0 aliphatic carbocycles. The van der Waals surface area contributed by atoms with Gasteiger partial charge in [-0.15, -0.1) is 0 Å². The molecule has 0 spiro atoms. The Morgan fingerprint density at radius 1 is 0.750 bits per heavy atom. The quantitative estimate of drug-likeness (QED) is 0.206. The van der Waals surface area contributed by atoms with Crippen LogP contribution in [0.15, 0.2) is 12.2 Å². The van der Waals surface area contributed by atoms with Crippen molar-refractivity contribution in [1.29, 1.82) is 0 Å². The molecular formula is C22H45NO. The Balaban J connectivity index is 3.35. The largest absolute Gasteiger partial charge is 0.377 e. The van der Waals surface area contributed by atoms with E-state index in [1.807, 2.05) is 0 Å². The maximum atomic E-state index is 5.81. The van der Waals surface area contributed by atoms with Crippen LogP contribution in [-0.2, 0) is 4.74 Å². The Hall–Kier alpha value is -0.340. The summed E-state index contributed by atoms with van der Waals surface area (Å²) in [6.45, 7) is 6.26. The van der Waals surface area contributed by atoms with Gasteiger partial charge in [0.2, 0.25) is 0 Å². The lowest BCUT2D eigenvalue weighted by Crippen LogP contribution is -2.28. The van der Waals surface area contributed by atoms with E-state index in [-0.39, 0.29) is 0 Å². The fourth-order valence-corrected chi connectivity index (χ4v) is 3.14. The van der Waals surface area contributed by atoms with Crippen molar-refractivity contribution in [3.63, 3.8) is 0 Å². The number of unbranched alkanes of at least 4 members (excludes halogenated alkanes) is 10. The molecule has 0 fully saturated rings. The van der Waals surface area contributed by atoms with E-state index in [1.165, 1.54) is 83.5 Å². The first-order chi connectivity index (χ1) is 11.7. The predicted molar refractivity (Wildman–Crippen MR) is 109 cm³/mol. The van der Waals surface area contributed by atoms with Crippen LogP contribution in [0.25, 0.3) is 0 Å². The lowest BCUT2D eigenvalue weighted by molar-refractivity contribution is 0.0369. The molecule has 24 heavy (non-hydrogen) atoms. The normalized spacial score (nSPS) is 13.2. The van der Waals surface area contributed by atoms with E-state index >= 15 is 0 Å². The minimum Gasteiger partial charge on any atom is -0.377 e. The molecule has 2 heteroatoms. The van der Waals surface area contributed by atoms with Crippen molar-refractivity contribution in [2.24, 2.45) is 0 Å². The van der Waals surface area contributed by atoms with Crippen molar-refractivity contribution in [3.05, 3.63) is 12.2 Å². The Kier molecular flexibility index (Phi) is 18.7. The topological polar surface area (TPSA) is 12.5 Å². The summed E-state index contributed by atoms with van der Waals surface area (Å²) in [6, 6.07) is 0. The summed E-state index contributed by atoms with van der Waals surface area (Å²) < 4.78 is 5.81. The van der Waals surface area contributed by atoms with Gasteiger partial charge in [0.1, 0.15) is 0 Å². The van der Waals surface area contributed by atoms with Gasteiger partial charge in [0.05, 0.1) is 6.10 Å². The van der Waals surface area contributed by atoms with Crippen LogP contribution in [0.5, 0.6) is 0 Å². The lowest BCUT2D eigenvalue weighted by Gasteiger charge is -2.20. The van der Waals surface area contributed by atoms with Crippen molar-refractivity contribution >= 4 is 0 Å². The summed E-state index contributed by atoms with van der Waals surface area (Å²) in [4.78, 5) is 2.23. The number of hydrogen-bond donors (Lipinski definition) is 0. The Labute approximate surface area is 153 Å². The number of rotatable bonds is 18. The minimum absolute atomic E-state index is 0.419. The second-order valence-electron chi connectivity index (χ2n) is 7.36. The van der Waals surface area contributed by atoms with Crippen molar-refractivity contribution in [2.45, 2.75) is 103 Å².